The van der Waals surface area contributed by atoms with E-state index >= 15 is 0 Å². The predicted octanol–water partition coefficient (Wildman–Crippen LogP) is 2.25. The third-order valence-electron chi connectivity index (χ3n) is 7.34. The number of amides is 4. The molecule has 164 valence electrons. The van der Waals surface area contributed by atoms with Crippen LogP contribution >= 0.6 is 0 Å². The first-order chi connectivity index (χ1) is 14.9. The fourth-order valence-corrected chi connectivity index (χ4v) is 5.50. The molecule has 0 bridgehead atoms. The summed E-state index contributed by atoms with van der Waals surface area (Å²) in [5.41, 5.74) is 2.75. The molecule has 8 nitrogen and oxygen atoms in total. The number of benzene rings is 1. The number of fused-ring (bicyclic) bond motifs is 1. The van der Waals surface area contributed by atoms with Crippen LogP contribution in [-0.4, -0.2) is 41.4 Å². The highest BCUT2D eigenvalue weighted by atomic mass is 16.5. The number of carbonyl (C=O) groups is 4. The molecule has 4 amide bonds. The molecule has 5 rings (SSSR count). The van der Waals surface area contributed by atoms with E-state index in [-0.39, 0.29) is 24.8 Å². The summed E-state index contributed by atoms with van der Waals surface area (Å²) in [5, 5.41) is 5.06. The van der Waals surface area contributed by atoms with E-state index < -0.39 is 18.0 Å². The largest absolute Gasteiger partial charge is 0.449 e. The standard InChI is InChI=1S/C23H27N3O5/c27-19-5-4-18(20(28)25-19)26-12-16-3-2-14(8-17(16)21(26)29)11-24-22(30)31-13-15-9-23(10-15)6-1-7-23/h2-3,8,15,18H,1,4-7,9-13H2,(H,24,30)(H,25,27,28). The van der Waals surface area contributed by atoms with E-state index in [1.54, 1.807) is 6.07 Å². The Balaban J connectivity index is 1.12. The average Bonchev–Trinajstić information content (AvgIpc) is 3.00. The van der Waals surface area contributed by atoms with E-state index in [9.17, 15) is 19.2 Å². The number of alkyl carbamates (subject to hydrolysis) is 1. The van der Waals surface area contributed by atoms with Gasteiger partial charge in [0.2, 0.25) is 11.8 Å². The normalized spacial score (nSPS) is 24.3. The monoisotopic (exact) mass is 425 g/mol. The Labute approximate surface area is 180 Å². The van der Waals surface area contributed by atoms with E-state index in [0.717, 1.165) is 11.1 Å². The summed E-state index contributed by atoms with van der Waals surface area (Å²) in [6.07, 6.45) is 6.48. The summed E-state index contributed by atoms with van der Waals surface area (Å²) in [4.78, 5) is 49.9. The van der Waals surface area contributed by atoms with E-state index in [0.29, 0.717) is 36.5 Å². The van der Waals surface area contributed by atoms with Crippen molar-refractivity contribution in [3.8, 4) is 0 Å². The Morgan fingerprint density at radius 2 is 2.03 bits per heavy atom. The van der Waals surface area contributed by atoms with Crippen LogP contribution in [0.3, 0.4) is 0 Å². The van der Waals surface area contributed by atoms with Crippen molar-refractivity contribution in [2.45, 2.75) is 64.1 Å². The highest BCUT2D eigenvalue weighted by Crippen LogP contribution is 2.58. The molecule has 2 aliphatic heterocycles. The Morgan fingerprint density at radius 3 is 2.74 bits per heavy atom. The molecule has 2 heterocycles. The van der Waals surface area contributed by atoms with E-state index in [4.69, 9.17) is 4.74 Å². The minimum Gasteiger partial charge on any atom is -0.449 e. The minimum atomic E-state index is -0.625. The number of hydrogen-bond donors (Lipinski definition) is 2. The third kappa shape index (κ3) is 3.79. The molecular formula is C23H27N3O5. The molecule has 2 N–H and O–H groups in total. The van der Waals surface area contributed by atoms with Gasteiger partial charge in [-0.2, -0.15) is 0 Å². The molecule has 4 aliphatic rings. The highest BCUT2D eigenvalue weighted by Gasteiger charge is 2.48. The van der Waals surface area contributed by atoms with Gasteiger partial charge in [0.05, 0.1) is 6.61 Å². The first kappa shape index (κ1) is 20.0. The van der Waals surface area contributed by atoms with Crippen molar-refractivity contribution in [1.82, 2.24) is 15.5 Å². The zero-order valence-electron chi connectivity index (χ0n) is 17.4. The first-order valence-electron chi connectivity index (χ1n) is 11.1. The number of ether oxygens (including phenoxy) is 1. The van der Waals surface area contributed by atoms with Crippen LogP contribution < -0.4 is 10.6 Å². The number of rotatable bonds is 5. The van der Waals surface area contributed by atoms with Gasteiger partial charge in [-0.3, -0.25) is 19.7 Å². The topological polar surface area (TPSA) is 105 Å². The molecule has 1 atom stereocenters. The van der Waals surface area contributed by atoms with Crippen LogP contribution in [0.4, 0.5) is 4.79 Å². The molecule has 1 aromatic carbocycles. The Bertz CT molecular complexity index is 947. The highest BCUT2D eigenvalue weighted by molar-refractivity contribution is 6.05. The molecule has 1 spiro atoms. The predicted molar refractivity (Wildman–Crippen MR) is 110 cm³/mol. The lowest BCUT2D eigenvalue weighted by Crippen LogP contribution is -2.52. The smallest absolute Gasteiger partial charge is 0.407 e. The fraction of sp³-hybridized carbons (Fsp3) is 0.565. The molecule has 3 fully saturated rings. The lowest BCUT2D eigenvalue weighted by atomic mass is 9.52. The van der Waals surface area contributed by atoms with Crippen LogP contribution in [0.1, 0.15) is 66.4 Å². The van der Waals surface area contributed by atoms with Gasteiger partial charge in [0.1, 0.15) is 6.04 Å². The Hall–Kier alpha value is -2.90. The number of hydrogen-bond acceptors (Lipinski definition) is 5. The summed E-state index contributed by atoms with van der Waals surface area (Å²) in [6.45, 7) is 1.09. The zero-order valence-corrected chi connectivity index (χ0v) is 17.4. The second-order valence-corrected chi connectivity index (χ2v) is 9.47. The number of carbonyl (C=O) groups excluding carboxylic acids is 4. The zero-order chi connectivity index (χ0) is 21.6. The lowest BCUT2D eigenvalue weighted by Gasteiger charge is -2.54. The molecule has 1 saturated heterocycles. The van der Waals surface area contributed by atoms with Crippen LogP contribution in [0.2, 0.25) is 0 Å². The average molecular weight is 425 g/mol. The van der Waals surface area contributed by atoms with Crippen molar-refractivity contribution in [3.63, 3.8) is 0 Å². The number of imide groups is 1. The van der Waals surface area contributed by atoms with Gasteiger partial charge >= 0.3 is 6.09 Å². The van der Waals surface area contributed by atoms with Gasteiger partial charge in [-0.15, -0.1) is 0 Å². The summed E-state index contributed by atoms with van der Waals surface area (Å²) >= 11 is 0. The molecule has 31 heavy (non-hydrogen) atoms. The quantitative estimate of drug-likeness (QED) is 0.704. The maximum absolute atomic E-state index is 12.9. The van der Waals surface area contributed by atoms with Crippen molar-refractivity contribution >= 4 is 23.8 Å². The minimum absolute atomic E-state index is 0.219. The van der Waals surface area contributed by atoms with Gasteiger partial charge in [0.15, 0.2) is 0 Å². The molecule has 0 aromatic heterocycles. The molecule has 1 aromatic rings. The second-order valence-electron chi connectivity index (χ2n) is 9.47. The number of piperidine rings is 1. The first-order valence-corrected chi connectivity index (χ1v) is 11.1. The van der Waals surface area contributed by atoms with Gasteiger partial charge in [-0.05, 0) is 60.6 Å². The van der Waals surface area contributed by atoms with Crippen molar-refractivity contribution in [2.75, 3.05) is 6.61 Å². The molecular weight excluding hydrogens is 398 g/mol. The molecule has 2 saturated carbocycles. The molecule has 2 aliphatic carbocycles. The second kappa shape index (κ2) is 7.66. The van der Waals surface area contributed by atoms with Crippen LogP contribution in [-0.2, 0) is 27.4 Å². The Kier molecular flexibility index (Phi) is 4.95. The maximum Gasteiger partial charge on any atom is 0.407 e. The van der Waals surface area contributed by atoms with Crippen LogP contribution in [0.25, 0.3) is 0 Å². The van der Waals surface area contributed by atoms with Crippen LogP contribution in [0.15, 0.2) is 18.2 Å². The summed E-state index contributed by atoms with van der Waals surface area (Å²) in [6, 6.07) is 4.86. The van der Waals surface area contributed by atoms with Gasteiger partial charge in [-0.25, -0.2) is 4.79 Å². The van der Waals surface area contributed by atoms with Crippen molar-refractivity contribution in [2.24, 2.45) is 11.3 Å². The van der Waals surface area contributed by atoms with Gasteiger partial charge in [-0.1, -0.05) is 18.6 Å². The van der Waals surface area contributed by atoms with Crippen LogP contribution in [0, 0.1) is 11.3 Å². The summed E-state index contributed by atoms with van der Waals surface area (Å²) < 4.78 is 5.36. The lowest BCUT2D eigenvalue weighted by molar-refractivity contribution is -0.136. The van der Waals surface area contributed by atoms with Gasteiger partial charge < -0.3 is 15.0 Å². The molecule has 1 unspecified atom stereocenters. The van der Waals surface area contributed by atoms with E-state index in [1.165, 1.54) is 37.0 Å². The van der Waals surface area contributed by atoms with E-state index in [2.05, 4.69) is 10.6 Å². The van der Waals surface area contributed by atoms with Crippen LogP contribution in [0.5, 0.6) is 0 Å². The Morgan fingerprint density at radius 1 is 1.23 bits per heavy atom. The van der Waals surface area contributed by atoms with Crippen molar-refractivity contribution in [1.29, 1.82) is 0 Å². The maximum atomic E-state index is 12.9. The molecule has 8 heteroatoms. The fourth-order valence-electron chi connectivity index (χ4n) is 5.50. The number of nitrogens with one attached hydrogen (secondary N) is 2. The van der Waals surface area contributed by atoms with Crippen molar-refractivity contribution in [3.05, 3.63) is 34.9 Å². The summed E-state index contributed by atoms with van der Waals surface area (Å²) in [5.74, 6) is -0.451. The SMILES string of the molecule is O=C1CCC(N2Cc3ccc(CNC(=O)OCC4CC5(CCC5)C4)cc3C2=O)C(=O)N1. The van der Waals surface area contributed by atoms with Gasteiger partial charge in [0.25, 0.3) is 5.91 Å². The van der Waals surface area contributed by atoms with E-state index in [1.807, 2.05) is 12.1 Å². The molecule has 0 radical (unpaired) electrons. The number of nitrogens with zero attached hydrogens (tertiary/aromatic N) is 1. The third-order valence-corrected chi connectivity index (χ3v) is 7.34. The van der Waals surface area contributed by atoms with Crippen molar-refractivity contribution < 1.29 is 23.9 Å². The summed E-state index contributed by atoms with van der Waals surface area (Å²) in [7, 11) is 0. The van der Waals surface area contributed by atoms with Gasteiger partial charge in [0, 0.05) is 25.1 Å².